The van der Waals surface area contributed by atoms with E-state index >= 15 is 0 Å². The lowest BCUT2D eigenvalue weighted by Crippen LogP contribution is -2.44. The van der Waals surface area contributed by atoms with Crippen molar-refractivity contribution >= 4 is 27.5 Å². The van der Waals surface area contributed by atoms with Crippen molar-refractivity contribution in [1.29, 1.82) is 0 Å². The smallest absolute Gasteiger partial charge is 0.332 e. The molecule has 1 fully saturated rings. The molecule has 4 aromatic rings. The van der Waals surface area contributed by atoms with Crippen molar-refractivity contribution in [1.82, 2.24) is 29.0 Å². The van der Waals surface area contributed by atoms with Crippen LogP contribution < -0.4 is 16.0 Å². The van der Waals surface area contributed by atoms with E-state index in [1.54, 1.807) is 20.0 Å². The first-order valence-corrected chi connectivity index (χ1v) is 13.5. The van der Waals surface area contributed by atoms with Gasteiger partial charge in [-0.2, -0.15) is 10.2 Å². The van der Waals surface area contributed by atoms with Crippen LogP contribution in [-0.2, 0) is 16.1 Å². The van der Waals surface area contributed by atoms with Gasteiger partial charge in [-0.25, -0.2) is 13.8 Å². The highest BCUT2D eigenvalue weighted by atomic mass is 32.1. The number of methoxy groups -OCH3 is 1. The summed E-state index contributed by atoms with van der Waals surface area (Å²) < 4.78 is 28.5. The van der Waals surface area contributed by atoms with Gasteiger partial charge in [-0.15, -0.1) is 11.4 Å². The van der Waals surface area contributed by atoms with Gasteiger partial charge in [-0.3, -0.25) is 14.2 Å². The molecule has 0 N–H and O–H groups in total. The van der Waals surface area contributed by atoms with Crippen LogP contribution in [0, 0.1) is 12.7 Å². The first-order chi connectivity index (χ1) is 19.3. The summed E-state index contributed by atoms with van der Waals surface area (Å²) in [5, 5.41) is 9.26. The summed E-state index contributed by atoms with van der Waals surface area (Å²) in [4.78, 5) is 44.2. The van der Waals surface area contributed by atoms with Gasteiger partial charge in [-0.1, -0.05) is 17.4 Å². The maximum atomic E-state index is 14.4. The second-order valence-corrected chi connectivity index (χ2v) is 10.5. The monoisotopic (exact) mass is 568 g/mol. The minimum atomic E-state index is -0.935. The van der Waals surface area contributed by atoms with Crippen molar-refractivity contribution in [2.45, 2.75) is 38.5 Å². The zero-order chi connectivity index (χ0) is 28.6. The topological polar surface area (TPSA) is 113 Å². The Balaban J connectivity index is 1.75. The summed E-state index contributed by atoms with van der Waals surface area (Å²) in [7, 11) is 3.11. The number of hydrogen-bond donors (Lipinski definition) is 0. The third kappa shape index (κ3) is 4.75. The molecule has 1 aromatic carbocycles. The van der Waals surface area contributed by atoms with Crippen molar-refractivity contribution in [3.63, 3.8) is 0 Å². The van der Waals surface area contributed by atoms with E-state index in [1.165, 1.54) is 63.3 Å². The number of nitrogens with zero attached hydrogens (tertiary/aromatic N) is 6. The van der Waals surface area contributed by atoms with Crippen LogP contribution in [0.3, 0.4) is 0 Å². The Morgan fingerprint density at radius 3 is 2.65 bits per heavy atom. The van der Waals surface area contributed by atoms with Crippen molar-refractivity contribution in [2.24, 2.45) is 0 Å². The largest absolute Gasteiger partial charge is 0.496 e. The average molecular weight is 569 g/mol. The number of benzene rings is 1. The molecule has 0 radical (unpaired) electrons. The van der Waals surface area contributed by atoms with Gasteiger partial charge in [0.2, 0.25) is 5.91 Å². The lowest BCUT2D eigenvalue weighted by molar-refractivity contribution is -0.129. The van der Waals surface area contributed by atoms with Crippen molar-refractivity contribution < 1.29 is 18.7 Å². The van der Waals surface area contributed by atoms with Gasteiger partial charge in [0.1, 0.15) is 33.5 Å². The number of likely N-dealkylation sites (N-methyl/N-ethyl adjacent to an activating group) is 1. The third-order valence-electron chi connectivity index (χ3n) is 7.06. The minimum Gasteiger partial charge on any atom is -0.496 e. The molecule has 5 rings (SSSR count). The van der Waals surface area contributed by atoms with Crippen LogP contribution in [0.25, 0.3) is 15.2 Å². The van der Waals surface area contributed by atoms with Gasteiger partial charge in [0.15, 0.2) is 0 Å². The Morgan fingerprint density at radius 1 is 1.25 bits per heavy atom. The van der Waals surface area contributed by atoms with E-state index in [0.717, 1.165) is 4.57 Å². The number of hydrogen-bond acceptors (Lipinski definition) is 8. The Morgan fingerprint density at radius 2 is 2.00 bits per heavy atom. The summed E-state index contributed by atoms with van der Waals surface area (Å²) >= 11 is 1.18. The molecule has 1 amide bonds. The number of aryl methyl sites for hydroxylation is 1. The number of amides is 1. The first-order valence-electron chi connectivity index (χ1n) is 12.7. The molecule has 0 unspecified atom stereocenters. The van der Waals surface area contributed by atoms with E-state index in [2.05, 4.69) is 16.8 Å². The van der Waals surface area contributed by atoms with E-state index in [4.69, 9.17) is 9.47 Å². The number of aromatic nitrogens is 5. The van der Waals surface area contributed by atoms with Crippen LogP contribution in [-0.4, -0.2) is 62.2 Å². The van der Waals surface area contributed by atoms with E-state index in [1.807, 2.05) is 0 Å². The number of halogens is 1. The standard InChI is InChI=1S/C27H29FN6O5S/c1-5-6-13-39-21(18-14-17(28)7-8-20(18)38-4)15-32-26-22(16(2)25(40-26)34-29-10-11-30-34)24(36)33(27(32)37)19-9-12-31(3)23(19)35/h5,7-8,10-11,14,19,21H,1,6,9,12-13,15H2,2-4H3/t19-,21+/m1/s1. The maximum absolute atomic E-state index is 14.4. The van der Waals surface area contributed by atoms with Gasteiger partial charge in [0, 0.05) is 24.7 Å². The van der Waals surface area contributed by atoms with Gasteiger partial charge in [0.25, 0.3) is 5.56 Å². The summed E-state index contributed by atoms with van der Waals surface area (Å²) in [5.74, 6) is -0.411. The summed E-state index contributed by atoms with van der Waals surface area (Å²) in [6.07, 6.45) is 4.74. The quantitative estimate of drug-likeness (QED) is 0.214. The molecule has 1 aliphatic rings. The van der Waals surface area contributed by atoms with Crippen LogP contribution in [0.15, 0.2) is 52.8 Å². The lowest BCUT2D eigenvalue weighted by atomic mass is 10.1. The van der Waals surface area contributed by atoms with E-state index in [0.29, 0.717) is 46.1 Å². The lowest BCUT2D eigenvalue weighted by Gasteiger charge is -2.23. The highest BCUT2D eigenvalue weighted by molar-refractivity contribution is 7.21. The number of thiophene rings is 1. The predicted molar refractivity (Wildman–Crippen MR) is 148 cm³/mol. The Bertz CT molecular complexity index is 1690. The average Bonchev–Trinajstić information content (AvgIpc) is 3.66. The van der Waals surface area contributed by atoms with Crippen LogP contribution >= 0.6 is 11.3 Å². The van der Waals surface area contributed by atoms with Gasteiger partial charge < -0.3 is 14.4 Å². The zero-order valence-corrected chi connectivity index (χ0v) is 23.2. The third-order valence-corrected chi connectivity index (χ3v) is 8.34. The second kappa shape index (κ2) is 11.2. The molecule has 210 valence electrons. The number of rotatable bonds is 10. The fraction of sp³-hybridized carbons (Fsp3) is 0.370. The number of carbonyl (C=O) groups is 1. The fourth-order valence-corrected chi connectivity index (χ4v) is 6.22. The van der Waals surface area contributed by atoms with E-state index in [9.17, 15) is 18.8 Å². The number of likely N-dealkylation sites (tertiary alicyclic amines) is 1. The van der Waals surface area contributed by atoms with Crippen LogP contribution in [0.5, 0.6) is 5.75 Å². The number of fused-ring (bicyclic) bond motifs is 1. The number of ether oxygens (including phenoxy) is 2. The van der Waals surface area contributed by atoms with Gasteiger partial charge in [-0.05, 0) is 38.0 Å². The molecule has 4 heterocycles. The molecule has 0 aliphatic carbocycles. The fourth-order valence-electron chi connectivity index (χ4n) is 5.00. The Labute approximate surface area is 232 Å². The molecule has 0 saturated carbocycles. The minimum absolute atomic E-state index is 0.0742. The SMILES string of the molecule is C=CCCO[C@@H](Cn1c(=O)n([C@@H]2CCN(C)C2=O)c(=O)c2c(C)c(-n3nccn3)sc21)c1cc(F)ccc1OC. The molecule has 40 heavy (non-hydrogen) atoms. The molecule has 1 aliphatic heterocycles. The van der Waals surface area contributed by atoms with Crippen LogP contribution in [0.1, 0.15) is 36.1 Å². The van der Waals surface area contributed by atoms with E-state index < -0.39 is 29.2 Å². The molecule has 0 bridgehead atoms. The molecular weight excluding hydrogens is 539 g/mol. The Hall–Kier alpha value is -4.10. The maximum Gasteiger partial charge on any atom is 0.332 e. The van der Waals surface area contributed by atoms with Crippen molar-refractivity contribution in [2.75, 3.05) is 27.3 Å². The molecule has 2 atom stereocenters. The first kappa shape index (κ1) is 27.5. The van der Waals surface area contributed by atoms with Gasteiger partial charge in [0.05, 0.1) is 38.0 Å². The number of carbonyl (C=O) groups excluding carboxylic acids is 1. The van der Waals surface area contributed by atoms with Crippen LogP contribution in [0.2, 0.25) is 0 Å². The van der Waals surface area contributed by atoms with Crippen molar-refractivity contribution in [3.05, 3.63) is 81.0 Å². The zero-order valence-electron chi connectivity index (χ0n) is 22.4. The summed E-state index contributed by atoms with van der Waals surface area (Å²) in [6, 6.07) is 3.15. The molecule has 1 saturated heterocycles. The normalized spacial score (nSPS) is 16.1. The molecule has 0 spiro atoms. The Kier molecular flexibility index (Phi) is 7.68. The second-order valence-electron chi connectivity index (χ2n) is 9.49. The summed E-state index contributed by atoms with van der Waals surface area (Å²) in [6.45, 7) is 6.09. The van der Waals surface area contributed by atoms with Crippen LogP contribution in [0.4, 0.5) is 4.39 Å². The van der Waals surface area contributed by atoms with Gasteiger partial charge >= 0.3 is 5.69 Å². The highest BCUT2D eigenvalue weighted by Gasteiger charge is 2.35. The highest BCUT2D eigenvalue weighted by Crippen LogP contribution is 2.34. The molecule has 11 nitrogen and oxygen atoms in total. The predicted octanol–water partition coefficient (Wildman–Crippen LogP) is 3.00. The molecule has 13 heteroatoms. The summed E-state index contributed by atoms with van der Waals surface area (Å²) in [5.41, 5.74) is -0.220. The molecule has 3 aromatic heterocycles. The molecular formula is C27H29FN6O5S. The van der Waals surface area contributed by atoms with Crippen molar-refractivity contribution in [3.8, 4) is 10.8 Å². The van der Waals surface area contributed by atoms with E-state index in [-0.39, 0.29) is 24.4 Å².